The molecule has 0 aliphatic heterocycles. The largest absolute Gasteiger partial charge is 0.512 e. The number of halogens is 1. The van der Waals surface area contributed by atoms with Crippen LogP contribution in [0.2, 0.25) is 0 Å². The van der Waals surface area contributed by atoms with Crippen LogP contribution < -0.4 is 0 Å². The lowest BCUT2D eigenvalue weighted by atomic mass is 9.67. The molecule has 2 aliphatic carbocycles. The number of ketones is 2. The molecule has 2 aliphatic rings. The number of benzene rings is 1. The van der Waals surface area contributed by atoms with Crippen LogP contribution in [0, 0.1) is 10.8 Å². The standard InChI is InChI=1S/C23H27BrO4/c1-22(2)9-15(25)20(16(26)10-22)19(13-5-7-14(24)8-6-13)21-17(27)11-23(3,4)12-18(21)28/h5-8,19,25,27H,9-12H2,1-4H3. The van der Waals surface area contributed by atoms with Gasteiger partial charge in [-0.3, -0.25) is 9.59 Å². The van der Waals surface area contributed by atoms with E-state index in [0.717, 1.165) is 4.47 Å². The molecule has 0 bridgehead atoms. The van der Waals surface area contributed by atoms with Gasteiger partial charge in [0.1, 0.15) is 11.5 Å². The Balaban J connectivity index is 2.22. The first-order chi connectivity index (χ1) is 12.9. The van der Waals surface area contributed by atoms with Crippen molar-refractivity contribution in [2.45, 2.75) is 59.3 Å². The maximum Gasteiger partial charge on any atom is 0.163 e. The Morgan fingerprint density at radius 2 is 1.18 bits per heavy atom. The van der Waals surface area contributed by atoms with E-state index in [1.54, 1.807) is 0 Å². The smallest absolute Gasteiger partial charge is 0.163 e. The zero-order valence-corrected chi connectivity index (χ0v) is 18.4. The third kappa shape index (κ3) is 4.09. The molecule has 0 atom stereocenters. The highest BCUT2D eigenvalue weighted by molar-refractivity contribution is 9.10. The molecule has 0 amide bonds. The van der Waals surface area contributed by atoms with Crippen molar-refractivity contribution >= 4 is 27.5 Å². The van der Waals surface area contributed by atoms with Crippen molar-refractivity contribution in [3.63, 3.8) is 0 Å². The Kier molecular flexibility index (Phi) is 5.34. The van der Waals surface area contributed by atoms with Crippen LogP contribution in [-0.4, -0.2) is 21.8 Å². The molecule has 0 saturated heterocycles. The minimum atomic E-state index is -0.750. The molecule has 1 aromatic carbocycles. The van der Waals surface area contributed by atoms with Crippen LogP contribution in [0.5, 0.6) is 0 Å². The van der Waals surface area contributed by atoms with E-state index >= 15 is 0 Å². The Labute approximate surface area is 174 Å². The molecule has 150 valence electrons. The van der Waals surface area contributed by atoms with E-state index in [2.05, 4.69) is 15.9 Å². The van der Waals surface area contributed by atoms with Gasteiger partial charge in [-0.05, 0) is 28.5 Å². The SMILES string of the molecule is CC1(C)CC(=O)C(C(C2=C(O)CC(C)(C)CC2=O)c2ccc(Br)cc2)=C(O)C1. The molecule has 5 heteroatoms. The zero-order chi connectivity index (χ0) is 20.9. The van der Waals surface area contributed by atoms with Gasteiger partial charge in [-0.2, -0.15) is 0 Å². The van der Waals surface area contributed by atoms with Crippen LogP contribution in [0.25, 0.3) is 0 Å². The van der Waals surface area contributed by atoms with Gasteiger partial charge in [0.15, 0.2) is 11.6 Å². The summed E-state index contributed by atoms with van der Waals surface area (Å²) in [4.78, 5) is 26.1. The number of Topliss-reactive ketones (excluding diaryl/α,β-unsaturated/α-hetero) is 2. The van der Waals surface area contributed by atoms with Crippen LogP contribution in [0.3, 0.4) is 0 Å². The average molecular weight is 447 g/mol. The van der Waals surface area contributed by atoms with Gasteiger partial charge >= 0.3 is 0 Å². The molecule has 3 rings (SSSR count). The lowest BCUT2D eigenvalue weighted by Crippen LogP contribution is -2.33. The number of carbonyl (C=O) groups is 2. The third-order valence-electron chi connectivity index (χ3n) is 5.57. The van der Waals surface area contributed by atoms with E-state index in [9.17, 15) is 19.8 Å². The predicted octanol–water partition coefficient (Wildman–Crippen LogP) is 5.94. The fourth-order valence-corrected chi connectivity index (χ4v) is 4.66. The zero-order valence-electron chi connectivity index (χ0n) is 16.8. The average Bonchev–Trinajstić information content (AvgIpc) is 2.50. The Hall–Kier alpha value is -1.88. The van der Waals surface area contributed by atoms with Gasteiger partial charge in [-0.25, -0.2) is 0 Å². The van der Waals surface area contributed by atoms with E-state index in [1.165, 1.54) is 0 Å². The fraction of sp³-hybridized carbons (Fsp3) is 0.478. The van der Waals surface area contributed by atoms with Gasteiger partial charge in [-0.15, -0.1) is 0 Å². The monoisotopic (exact) mass is 446 g/mol. The Morgan fingerprint density at radius 1 is 0.786 bits per heavy atom. The van der Waals surface area contributed by atoms with Crippen molar-refractivity contribution in [1.29, 1.82) is 0 Å². The summed E-state index contributed by atoms with van der Waals surface area (Å²) < 4.78 is 0.874. The molecule has 0 radical (unpaired) electrons. The molecule has 0 spiro atoms. The minimum Gasteiger partial charge on any atom is -0.512 e. The van der Waals surface area contributed by atoms with E-state index in [-0.39, 0.29) is 45.1 Å². The lowest BCUT2D eigenvalue weighted by molar-refractivity contribution is -0.119. The molecule has 4 nitrogen and oxygen atoms in total. The van der Waals surface area contributed by atoms with Crippen molar-refractivity contribution < 1.29 is 19.8 Å². The van der Waals surface area contributed by atoms with Gasteiger partial charge in [0.05, 0.1) is 0 Å². The van der Waals surface area contributed by atoms with E-state index < -0.39 is 5.92 Å². The number of aliphatic hydroxyl groups excluding tert-OH is 2. The molecule has 28 heavy (non-hydrogen) atoms. The molecular formula is C23H27BrO4. The first kappa shape index (κ1) is 20.8. The molecule has 0 aromatic heterocycles. The molecule has 0 saturated carbocycles. The van der Waals surface area contributed by atoms with E-state index in [4.69, 9.17) is 0 Å². The highest BCUT2D eigenvalue weighted by Gasteiger charge is 2.43. The summed E-state index contributed by atoms with van der Waals surface area (Å²) >= 11 is 3.41. The van der Waals surface area contributed by atoms with Crippen LogP contribution in [0.15, 0.2) is 51.4 Å². The lowest BCUT2D eigenvalue weighted by Gasteiger charge is -2.36. The number of carbonyl (C=O) groups excluding carboxylic acids is 2. The molecular weight excluding hydrogens is 420 g/mol. The predicted molar refractivity (Wildman–Crippen MR) is 112 cm³/mol. The number of allylic oxidation sites excluding steroid dienone is 4. The Bertz CT molecular complexity index is 836. The van der Waals surface area contributed by atoms with Crippen LogP contribution in [-0.2, 0) is 9.59 Å². The number of rotatable bonds is 3. The van der Waals surface area contributed by atoms with Crippen LogP contribution in [0.4, 0.5) is 0 Å². The summed E-state index contributed by atoms with van der Waals surface area (Å²) in [5.41, 5.74) is 0.549. The maximum atomic E-state index is 13.0. The normalized spacial score (nSPS) is 22.2. The summed E-state index contributed by atoms with van der Waals surface area (Å²) in [6.45, 7) is 7.77. The van der Waals surface area contributed by atoms with Crippen molar-refractivity contribution in [1.82, 2.24) is 0 Å². The van der Waals surface area contributed by atoms with E-state index in [1.807, 2.05) is 52.0 Å². The third-order valence-corrected chi connectivity index (χ3v) is 6.10. The maximum absolute atomic E-state index is 13.0. The summed E-state index contributed by atoms with van der Waals surface area (Å²) in [6, 6.07) is 7.34. The highest BCUT2D eigenvalue weighted by Crippen LogP contribution is 2.47. The number of hydrogen-bond acceptors (Lipinski definition) is 4. The first-order valence-corrected chi connectivity index (χ1v) is 10.4. The molecule has 2 N–H and O–H groups in total. The molecule has 0 unspecified atom stereocenters. The number of aliphatic hydroxyl groups is 2. The van der Waals surface area contributed by atoms with Crippen LogP contribution >= 0.6 is 15.9 Å². The molecule has 0 heterocycles. The topological polar surface area (TPSA) is 74.6 Å². The Morgan fingerprint density at radius 3 is 1.54 bits per heavy atom. The van der Waals surface area contributed by atoms with Gasteiger partial charge in [0, 0.05) is 47.2 Å². The second-order valence-corrected chi connectivity index (χ2v) is 10.5. The van der Waals surface area contributed by atoms with Crippen molar-refractivity contribution in [3.8, 4) is 0 Å². The summed E-state index contributed by atoms with van der Waals surface area (Å²) in [7, 11) is 0. The summed E-state index contributed by atoms with van der Waals surface area (Å²) in [5.74, 6) is -1.04. The van der Waals surface area contributed by atoms with Crippen molar-refractivity contribution in [2.24, 2.45) is 10.8 Å². The molecule has 1 aromatic rings. The fourth-order valence-electron chi connectivity index (χ4n) is 4.39. The molecule has 0 fully saturated rings. The van der Waals surface area contributed by atoms with Crippen molar-refractivity contribution in [3.05, 3.63) is 57.0 Å². The second-order valence-electron chi connectivity index (χ2n) is 9.59. The summed E-state index contributed by atoms with van der Waals surface area (Å²) in [6.07, 6.45) is 1.34. The van der Waals surface area contributed by atoms with Gasteiger partial charge in [0.2, 0.25) is 0 Å². The summed E-state index contributed by atoms with van der Waals surface area (Å²) in [5, 5.41) is 21.6. The van der Waals surface area contributed by atoms with Crippen molar-refractivity contribution in [2.75, 3.05) is 0 Å². The van der Waals surface area contributed by atoms with E-state index in [0.29, 0.717) is 31.2 Å². The van der Waals surface area contributed by atoms with Gasteiger partial charge in [-0.1, -0.05) is 55.8 Å². The van der Waals surface area contributed by atoms with Crippen LogP contribution in [0.1, 0.15) is 64.9 Å². The highest BCUT2D eigenvalue weighted by atomic mass is 79.9. The minimum absolute atomic E-state index is 0.0205. The number of hydrogen-bond donors (Lipinski definition) is 2. The van der Waals surface area contributed by atoms with Gasteiger partial charge in [0.25, 0.3) is 0 Å². The quantitative estimate of drug-likeness (QED) is 0.602. The van der Waals surface area contributed by atoms with Gasteiger partial charge < -0.3 is 10.2 Å². The first-order valence-electron chi connectivity index (χ1n) is 9.56. The second kappa shape index (κ2) is 7.18.